The van der Waals surface area contributed by atoms with Gasteiger partial charge in [-0.3, -0.25) is 0 Å². The molecule has 1 aliphatic rings. The fourth-order valence-corrected chi connectivity index (χ4v) is 2.64. The van der Waals surface area contributed by atoms with Crippen molar-refractivity contribution in [2.45, 2.75) is 25.6 Å². The number of aliphatic hydroxyl groups excluding tert-OH is 1. The number of rotatable bonds is 1. The van der Waals surface area contributed by atoms with Gasteiger partial charge in [0.1, 0.15) is 29.1 Å². The largest absolute Gasteiger partial charge is 0.508 e. The number of phenols is 3. The van der Waals surface area contributed by atoms with E-state index in [0.717, 1.165) is 11.1 Å². The molecule has 3 rings (SSSR count). The first-order valence-electron chi connectivity index (χ1n) is 6.66. The molecule has 21 heavy (non-hydrogen) atoms. The van der Waals surface area contributed by atoms with Crippen molar-refractivity contribution in [2.24, 2.45) is 0 Å². The van der Waals surface area contributed by atoms with Crippen LogP contribution in [0.15, 0.2) is 30.3 Å². The minimum absolute atomic E-state index is 0.124. The van der Waals surface area contributed by atoms with Crippen molar-refractivity contribution in [1.29, 1.82) is 0 Å². The van der Waals surface area contributed by atoms with Crippen LogP contribution in [0.1, 0.15) is 35.3 Å². The molecule has 4 N–H and O–H groups in total. The maximum absolute atomic E-state index is 10.2. The Morgan fingerprint density at radius 3 is 2.52 bits per heavy atom. The Bertz CT molecular complexity index is 695. The third-order valence-corrected chi connectivity index (χ3v) is 3.74. The van der Waals surface area contributed by atoms with Crippen LogP contribution in [0.5, 0.6) is 23.0 Å². The minimum atomic E-state index is -0.881. The van der Waals surface area contributed by atoms with Crippen LogP contribution in [0.3, 0.4) is 0 Å². The standard InChI is InChI=1S/C16H16O5/c1-8-4-9(2-3-11(8)18)14-7-13(20)16-12(19)5-10(17)6-15(16)21-14/h2-6,13-14,17-20H,7H2,1H3/t13-,14+/m0/s1. The van der Waals surface area contributed by atoms with Crippen molar-refractivity contribution in [1.82, 2.24) is 0 Å². The summed E-state index contributed by atoms with van der Waals surface area (Å²) in [6, 6.07) is 7.65. The van der Waals surface area contributed by atoms with Crippen LogP contribution in [-0.4, -0.2) is 20.4 Å². The van der Waals surface area contributed by atoms with Gasteiger partial charge in [-0.25, -0.2) is 0 Å². The molecule has 0 aliphatic carbocycles. The van der Waals surface area contributed by atoms with E-state index in [-0.39, 0.29) is 29.4 Å². The molecule has 0 unspecified atom stereocenters. The highest BCUT2D eigenvalue weighted by Crippen LogP contribution is 2.46. The zero-order valence-corrected chi connectivity index (χ0v) is 11.4. The lowest BCUT2D eigenvalue weighted by atomic mass is 9.93. The van der Waals surface area contributed by atoms with Crippen molar-refractivity contribution in [2.75, 3.05) is 0 Å². The predicted molar refractivity (Wildman–Crippen MR) is 75.6 cm³/mol. The Hall–Kier alpha value is -2.40. The van der Waals surface area contributed by atoms with E-state index in [1.807, 2.05) is 0 Å². The van der Waals surface area contributed by atoms with Gasteiger partial charge in [0.15, 0.2) is 0 Å². The van der Waals surface area contributed by atoms with Gasteiger partial charge in [0.05, 0.1) is 11.7 Å². The van der Waals surface area contributed by atoms with Crippen molar-refractivity contribution < 1.29 is 25.2 Å². The zero-order valence-electron chi connectivity index (χ0n) is 11.4. The van der Waals surface area contributed by atoms with Gasteiger partial charge in [-0.05, 0) is 30.2 Å². The fourth-order valence-electron chi connectivity index (χ4n) is 2.64. The lowest BCUT2D eigenvalue weighted by Crippen LogP contribution is -2.19. The lowest BCUT2D eigenvalue weighted by Gasteiger charge is -2.30. The van der Waals surface area contributed by atoms with Gasteiger partial charge < -0.3 is 25.2 Å². The fraction of sp³-hybridized carbons (Fsp3) is 0.250. The van der Waals surface area contributed by atoms with Gasteiger partial charge in [0.2, 0.25) is 0 Å². The highest BCUT2D eigenvalue weighted by Gasteiger charge is 2.31. The van der Waals surface area contributed by atoms with E-state index in [4.69, 9.17) is 4.74 Å². The summed E-state index contributed by atoms with van der Waals surface area (Å²) in [5.41, 5.74) is 1.83. The minimum Gasteiger partial charge on any atom is -0.508 e. The topological polar surface area (TPSA) is 90.2 Å². The maximum Gasteiger partial charge on any atom is 0.133 e. The smallest absolute Gasteiger partial charge is 0.133 e. The van der Waals surface area contributed by atoms with Crippen molar-refractivity contribution >= 4 is 0 Å². The molecule has 0 spiro atoms. The number of ether oxygens (including phenoxy) is 1. The lowest BCUT2D eigenvalue weighted by molar-refractivity contribution is 0.0631. The second-order valence-corrected chi connectivity index (χ2v) is 5.28. The molecule has 0 aromatic heterocycles. The number of aryl methyl sites for hydroxylation is 1. The second kappa shape index (κ2) is 4.86. The molecule has 2 atom stereocenters. The van der Waals surface area contributed by atoms with Gasteiger partial charge in [0.25, 0.3) is 0 Å². The third kappa shape index (κ3) is 2.36. The Morgan fingerprint density at radius 2 is 1.81 bits per heavy atom. The van der Waals surface area contributed by atoms with Crippen LogP contribution >= 0.6 is 0 Å². The number of aliphatic hydroxyl groups is 1. The molecule has 2 aromatic carbocycles. The summed E-state index contributed by atoms with van der Waals surface area (Å²) in [5.74, 6) is 0.159. The van der Waals surface area contributed by atoms with E-state index in [9.17, 15) is 20.4 Å². The molecule has 0 saturated heterocycles. The first kappa shape index (κ1) is 13.6. The average Bonchev–Trinajstić information content (AvgIpc) is 2.40. The molecular formula is C16H16O5. The highest BCUT2D eigenvalue weighted by molar-refractivity contribution is 5.52. The van der Waals surface area contributed by atoms with E-state index >= 15 is 0 Å². The summed E-state index contributed by atoms with van der Waals surface area (Å²) in [4.78, 5) is 0. The number of benzene rings is 2. The summed E-state index contributed by atoms with van der Waals surface area (Å²) in [5, 5.41) is 39.1. The van der Waals surface area contributed by atoms with Crippen LogP contribution in [0.2, 0.25) is 0 Å². The normalized spacial score (nSPS) is 20.7. The number of hydrogen-bond donors (Lipinski definition) is 4. The zero-order chi connectivity index (χ0) is 15.1. The molecule has 0 amide bonds. The van der Waals surface area contributed by atoms with Crippen LogP contribution in [0.4, 0.5) is 0 Å². The van der Waals surface area contributed by atoms with Crippen LogP contribution in [0.25, 0.3) is 0 Å². The summed E-state index contributed by atoms with van der Waals surface area (Å²) in [6.07, 6.45) is -1.00. The molecule has 0 radical (unpaired) electrons. The summed E-state index contributed by atoms with van der Waals surface area (Å²) in [6.45, 7) is 1.78. The van der Waals surface area contributed by atoms with E-state index in [2.05, 4.69) is 0 Å². The molecule has 5 nitrogen and oxygen atoms in total. The second-order valence-electron chi connectivity index (χ2n) is 5.28. The Morgan fingerprint density at radius 1 is 1.05 bits per heavy atom. The highest BCUT2D eigenvalue weighted by atomic mass is 16.5. The quantitative estimate of drug-likeness (QED) is 0.647. The first-order chi connectivity index (χ1) is 9.95. The molecule has 0 saturated carbocycles. The Balaban J connectivity index is 1.99. The molecule has 0 bridgehead atoms. The van der Waals surface area contributed by atoms with E-state index in [1.165, 1.54) is 12.1 Å². The molecule has 0 fully saturated rings. The van der Waals surface area contributed by atoms with E-state index in [1.54, 1.807) is 25.1 Å². The summed E-state index contributed by atoms with van der Waals surface area (Å²) >= 11 is 0. The molecule has 110 valence electrons. The van der Waals surface area contributed by atoms with Gasteiger partial charge in [-0.2, -0.15) is 0 Å². The third-order valence-electron chi connectivity index (χ3n) is 3.74. The van der Waals surface area contributed by atoms with Crippen molar-refractivity contribution in [3.05, 3.63) is 47.0 Å². The summed E-state index contributed by atoms with van der Waals surface area (Å²) in [7, 11) is 0. The molecule has 1 heterocycles. The van der Waals surface area contributed by atoms with Crippen molar-refractivity contribution in [3.63, 3.8) is 0 Å². The molecule has 5 heteroatoms. The van der Waals surface area contributed by atoms with Crippen LogP contribution < -0.4 is 4.74 Å². The molecule has 1 aliphatic heterocycles. The SMILES string of the molecule is Cc1cc([C@H]2C[C@H](O)c3c(O)cc(O)cc3O2)ccc1O. The predicted octanol–water partition coefficient (Wildman–Crippen LogP) is 2.67. The average molecular weight is 288 g/mol. The van der Waals surface area contributed by atoms with Crippen LogP contribution in [0, 0.1) is 6.92 Å². The first-order valence-corrected chi connectivity index (χ1v) is 6.66. The monoisotopic (exact) mass is 288 g/mol. The Labute approximate surface area is 121 Å². The van der Waals surface area contributed by atoms with Gasteiger partial charge in [0, 0.05) is 18.6 Å². The summed E-state index contributed by atoms with van der Waals surface area (Å²) < 4.78 is 5.78. The van der Waals surface area contributed by atoms with Crippen LogP contribution in [-0.2, 0) is 0 Å². The van der Waals surface area contributed by atoms with E-state index < -0.39 is 12.2 Å². The maximum atomic E-state index is 10.2. The Kier molecular flexibility index (Phi) is 3.14. The molecule has 2 aromatic rings. The number of hydrogen-bond acceptors (Lipinski definition) is 5. The van der Waals surface area contributed by atoms with Gasteiger partial charge >= 0.3 is 0 Å². The van der Waals surface area contributed by atoms with Gasteiger partial charge in [-0.15, -0.1) is 0 Å². The number of phenolic OH excluding ortho intramolecular Hbond substituents is 3. The number of aromatic hydroxyl groups is 3. The number of fused-ring (bicyclic) bond motifs is 1. The van der Waals surface area contributed by atoms with Gasteiger partial charge in [-0.1, -0.05) is 6.07 Å². The molecular weight excluding hydrogens is 272 g/mol. The van der Waals surface area contributed by atoms with E-state index in [0.29, 0.717) is 5.56 Å². The van der Waals surface area contributed by atoms with Crippen molar-refractivity contribution in [3.8, 4) is 23.0 Å².